The molecule has 1 aliphatic rings. The van der Waals surface area contributed by atoms with Crippen LogP contribution in [0.25, 0.3) is 0 Å². The van der Waals surface area contributed by atoms with Crippen molar-refractivity contribution >= 4 is 5.91 Å². The molecule has 9 nitrogen and oxygen atoms in total. The van der Waals surface area contributed by atoms with E-state index in [2.05, 4.69) is 31.3 Å². The van der Waals surface area contributed by atoms with Crippen molar-refractivity contribution in [2.75, 3.05) is 13.2 Å². The predicted octanol–water partition coefficient (Wildman–Crippen LogP) is 14.6. The van der Waals surface area contributed by atoms with Crippen molar-refractivity contribution in [3.8, 4) is 0 Å². The first-order valence-corrected chi connectivity index (χ1v) is 29.6. The molecule has 0 aromatic carbocycles. The largest absolute Gasteiger partial charge is 0.394 e. The smallest absolute Gasteiger partial charge is 0.220 e. The van der Waals surface area contributed by atoms with Gasteiger partial charge in [0.2, 0.25) is 5.91 Å². The van der Waals surface area contributed by atoms with Crippen LogP contribution < -0.4 is 5.32 Å². The zero-order valence-electron chi connectivity index (χ0n) is 44.6. The lowest BCUT2D eigenvalue weighted by Crippen LogP contribution is -2.60. The van der Waals surface area contributed by atoms with Crippen molar-refractivity contribution in [3.63, 3.8) is 0 Å². The van der Waals surface area contributed by atoms with Gasteiger partial charge in [0, 0.05) is 6.42 Å². The van der Waals surface area contributed by atoms with E-state index in [0.717, 1.165) is 38.5 Å². The van der Waals surface area contributed by atoms with E-state index in [0.29, 0.717) is 6.42 Å². The van der Waals surface area contributed by atoms with Gasteiger partial charge in [-0.25, -0.2) is 0 Å². The lowest BCUT2D eigenvalue weighted by atomic mass is 9.99. The number of aliphatic hydroxyl groups is 5. The first-order chi connectivity index (χ1) is 33.3. The number of rotatable bonds is 51. The van der Waals surface area contributed by atoms with Gasteiger partial charge in [-0.1, -0.05) is 276 Å². The molecule has 1 fully saturated rings. The zero-order chi connectivity index (χ0) is 49.4. The predicted molar refractivity (Wildman–Crippen MR) is 286 cm³/mol. The van der Waals surface area contributed by atoms with Gasteiger partial charge in [-0.3, -0.25) is 4.79 Å². The number of nitrogens with one attached hydrogen (secondary N) is 1. The Kier molecular flexibility index (Phi) is 46.9. The van der Waals surface area contributed by atoms with E-state index in [9.17, 15) is 30.3 Å². The normalized spacial score (nSPS) is 19.7. The molecule has 0 saturated carbocycles. The highest BCUT2D eigenvalue weighted by Gasteiger charge is 2.44. The number of unbranched alkanes of at least 4 members (excludes halogenated alkanes) is 39. The first kappa shape index (κ1) is 64.7. The number of ether oxygens (including phenoxy) is 2. The molecule has 1 saturated heterocycles. The third kappa shape index (κ3) is 38.4. The maximum Gasteiger partial charge on any atom is 0.220 e. The summed E-state index contributed by atoms with van der Waals surface area (Å²) >= 11 is 0. The van der Waals surface area contributed by atoms with Crippen LogP contribution in [0.2, 0.25) is 0 Å². The highest BCUT2D eigenvalue weighted by molar-refractivity contribution is 5.76. The SMILES string of the molecule is CCCCCCCCCCCCCC/C=C/CC/C=C/C(O)C(COC1OC(CO)C(O)C(O)C1O)NC(=O)CCCCCCCCCCCCCCCCCCCCCCCCCCCCC. The number of carbonyl (C=O) groups is 1. The number of allylic oxidation sites excluding steroid dienone is 3. The highest BCUT2D eigenvalue weighted by Crippen LogP contribution is 2.23. The Morgan fingerprint density at radius 1 is 0.485 bits per heavy atom. The lowest BCUT2D eigenvalue weighted by Gasteiger charge is -2.40. The highest BCUT2D eigenvalue weighted by atomic mass is 16.7. The molecule has 7 atom stereocenters. The van der Waals surface area contributed by atoms with Crippen LogP contribution in [0.15, 0.2) is 24.3 Å². The number of aliphatic hydroxyl groups excluding tert-OH is 5. The van der Waals surface area contributed by atoms with Crippen LogP contribution in [0.5, 0.6) is 0 Å². The third-order valence-electron chi connectivity index (χ3n) is 14.3. The minimum Gasteiger partial charge on any atom is -0.394 e. The second-order valence-corrected chi connectivity index (χ2v) is 20.8. The van der Waals surface area contributed by atoms with Crippen molar-refractivity contribution < 1.29 is 39.8 Å². The molecule has 68 heavy (non-hydrogen) atoms. The van der Waals surface area contributed by atoms with Crippen LogP contribution in [0.3, 0.4) is 0 Å². The molecule has 1 heterocycles. The fourth-order valence-corrected chi connectivity index (χ4v) is 9.59. The second kappa shape index (κ2) is 49.3. The molecular weight excluding hydrogens is 851 g/mol. The summed E-state index contributed by atoms with van der Waals surface area (Å²) in [6, 6.07) is -0.818. The molecule has 0 aromatic rings. The second-order valence-electron chi connectivity index (χ2n) is 20.8. The first-order valence-electron chi connectivity index (χ1n) is 29.6. The van der Waals surface area contributed by atoms with Gasteiger partial charge >= 0.3 is 0 Å². The molecular formula is C59H113NO8. The fourth-order valence-electron chi connectivity index (χ4n) is 9.59. The molecule has 402 valence electrons. The van der Waals surface area contributed by atoms with Crippen LogP contribution in [0, 0.1) is 0 Å². The summed E-state index contributed by atoms with van der Waals surface area (Å²) in [6.07, 6.45) is 55.4. The van der Waals surface area contributed by atoms with Crippen molar-refractivity contribution in [1.29, 1.82) is 0 Å². The van der Waals surface area contributed by atoms with Crippen molar-refractivity contribution in [2.45, 2.75) is 333 Å². The molecule has 0 aromatic heterocycles. The summed E-state index contributed by atoms with van der Waals surface area (Å²) in [5, 5.41) is 54.5. The molecule has 0 aliphatic carbocycles. The summed E-state index contributed by atoms with van der Waals surface area (Å²) in [6.45, 7) is 3.80. The van der Waals surface area contributed by atoms with Gasteiger partial charge in [-0.05, 0) is 32.1 Å². The van der Waals surface area contributed by atoms with E-state index in [1.807, 2.05) is 6.08 Å². The van der Waals surface area contributed by atoms with Crippen LogP contribution in [-0.4, -0.2) is 87.5 Å². The summed E-state index contributed by atoms with van der Waals surface area (Å²) in [4.78, 5) is 13.1. The zero-order valence-corrected chi connectivity index (χ0v) is 44.6. The van der Waals surface area contributed by atoms with E-state index in [1.54, 1.807) is 6.08 Å². The van der Waals surface area contributed by atoms with Crippen molar-refractivity contribution in [2.24, 2.45) is 0 Å². The third-order valence-corrected chi connectivity index (χ3v) is 14.3. The Hall–Kier alpha value is -1.33. The number of hydrogen-bond donors (Lipinski definition) is 6. The van der Waals surface area contributed by atoms with Gasteiger partial charge in [-0.2, -0.15) is 0 Å². The number of carbonyl (C=O) groups excluding carboxylic acids is 1. The van der Waals surface area contributed by atoms with E-state index in [-0.39, 0.29) is 12.5 Å². The minimum atomic E-state index is -1.57. The standard InChI is InChI=1S/C59H113NO8/c1-3-5-7-9-11-13-15-17-19-21-23-24-25-26-27-28-29-30-31-33-35-37-39-41-43-45-47-49-55(63)60-52(51-67-59-58(66)57(65)56(64)54(50-61)68-59)53(62)48-46-44-42-40-38-36-34-32-22-20-18-16-14-12-10-8-6-4-2/h38,40,46,48,52-54,56-59,61-62,64-66H,3-37,39,41-45,47,49-51H2,1-2H3,(H,60,63)/b40-38+,48-46+. The molecule has 6 N–H and O–H groups in total. The monoisotopic (exact) mass is 964 g/mol. The van der Waals surface area contributed by atoms with E-state index >= 15 is 0 Å². The quantitative estimate of drug-likeness (QED) is 0.0261. The van der Waals surface area contributed by atoms with Gasteiger partial charge in [0.05, 0.1) is 25.4 Å². The van der Waals surface area contributed by atoms with Gasteiger partial charge < -0.3 is 40.3 Å². The molecule has 0 radical (unpaired) electrons. The number of hydrogen-bond acceptors (Lipinski definition) is 8. The van der Waals surface area contributed by atoms with Gasteiger partial charge in [0.15, 0.2) is 6.29 Å². The molecule has 1 amide bonds. The summed E-state index contributed by atoms with van der Waals surface area (Å²) < 4.78 is 11.3. The Morgan fingerprint density at radius 2 is 0.838 bits per heavy atom. The summed E-state index contributed by atoms with van der Waals surface area (Å²) in [5.41, 5.74) is 0. The molecule has 9 heteroatoms. The van der Waals surface area contributed by atoms with Crippen LogP contribution in [0.1, 0.15) is 290 Å². The lowest BCUT2D eigenvalue weighted by molar-refractivity contribution is -0.302. The summed E-state index contributed by atoms with van der Waals surface area (Å²) in [5.74, 6) is -0.180. The molecule has 0 spiro atoms. The van der Waals surface area contributed by atoms with Gasteiger partial charge in [0.25, 0.3) is 0 Å². The van der Waals surface area contributed by atoms with Crippen LogP contribution in [0.4, 0.5) is 0 Å². The van der Waals surface area contributed by atoms with Crippen LogP contribution in [-0.2, 0) is 14.3 Å². The Morgan fingerprint density at radius 3 is 1.24 bits per heavy atom. The minimum absolute atomic E-state index is 0.180. The van der Waals surface area contributed by atoms with Crippen molar-refractivity contribution in [1.82, 2.24) is 5.32 Å². The maximum atomic E-state index is 13.1. The molecule has 7 unspecified atom stereocenters. The van der Waals surface area contributed by atoms with Gasteiger partial charge in [-0.15, -0.1) is 0 Å². The van der Waals surface area contributed by atoms with E-state index in [4.69, 9.17) is 9.47 Å². The van der Waals surface area contributed by atoms with E-state index in [1.165, 1.54) is 231 Å². The molecule has 1 aliphatic heterocycles. The average Bonchev–Trinajstić information content (AvgIpc) is 3.34. The molecule has 0 bridgehead atoms. The summed E-state index contributed by atoms with van der Waals surface area (Å²) in [7, 11) is 0. The topological polar surface area (TPSA) is 149 Å². The van der Waals surface area contributed by atoms with Crippen LogP contribution >= 0.6 is 0 Å². The van der Waals surface area contributed by atoms with E-state index < -0.39 is 49.5 Å². The van der Waals surface area contributed by atoms with Gasteiger partial charge in [0.1, 0.15) is 24.4 Å². The Labute approximate surface area is 419 Å². The Bertz CT molecular complexity index is 1120. The number of amides is 1. The Balaban J connectivity index is 2.19. The van der Waals surface area contributed by atoms with Crippen molar-refractivity contribution in [3.05, 3.63) is 24.3 Å². The molecule has 1 rings (SSSR count). The fraction of sp³-hybridized carbons (Fsp3) is 0.915. The maximum absolute atomic E-state index is 13.1. The average molecular weight is 965 g/mol.